The molecular weight excluding hydrogens is 230 g/mol. The van der Waals surface area contributed by atoms with E-state index in [1.165, 1.54) is 0 Å². The van der Waals surface area contributed by atoms with Gasteiger partial charge in [0.25, 0.3) is 11.5 Å². The zero-order chi connectivity index (χ0) is 13.3. The molecule has 0 aromatic carbocycles. The molecule has 1 aliphatic heterocycles. The molecule has 0 radical (unpaired) electrons. The molecule has 0 spiro atoms. The number of carbonyl (C=O) groups is 1. The van der Waals surface area contributed by atoms with Crippen LogP contribution in [0.25, 0.3) is 0 Å². The van der Waals surface area contributed by atoms with Crippen LogP contribution in [0.2, 0.25) is 0 Å². The van der Waals surface area contributed by atoms with Crippen LogP contribution in [0.5, 0.6) is 0 Å². The number of nitrogens with one attached hydrogen (secondary N) is 1. The number of amides is 1. The Bertz CT molecular complexity index is 513. The lowest BCUT2D eigenvalue weighted by atomic mass is 10.1. The highest BCUT2D eigenvalue weighted by atomic mass is 16.2. The van der Waals surface area contributed by atoms with Crippen molar-refractivity contribution in [1.29, 1.82) is 0 Å². The van der Waals surface area contributed by atoms with E-state index >= 15 is 0 Å². The van der Waals surface area contributed by atoms with Crippen molar-refractivity contribution < 1.29 is 4.79 Å². The molecule has 2 heterocycles. The summed E-state index contributed by atoms with van der Waals surface area (Å²) in [6.45, 7) is 6.71. The van der Waals surface area contributed by atoms with E-state index in [4.69, 9.17) is 0 Å². The molecule has 5 nitrogen and oxygen atoms in total. The maximum absolute atomic E-state index is 12.3. The average molecular weight is 249 g/mol. The molecule has 0 atom stereocenters. The van der Waals surface area contributed by atoms with Gasteiger partial charge in [0.2, 0.25) is 0 Å². The van der Waals surface area contributed by atoms with Gasteiger partial charge in [0.1, 0.15) is 5.56 Å². The molecule has 0 saturated carbocycles. The molecule has 1 aromatic rings. The maximum atomic E-state index is 12.3. The number of aromatic nitrogens is 1. The van der Waals surface area contributed by atoms with E-state index in [1.807, 2.05) is 27.0 Å². The van der Waals surface area contributed by atoms with Gasteiger partial charge >= 0.3 is 0 Å². The molecule has 0 unspecified atom stereocenters. The Kier molecular flexibility index (Phi) is 3.52. The van der Waals surface area contributed by atoms with E-state index in [0.29, 0.717) is 13.1 Å². The highest BCUT2D eigenvalue weighted by molar-refractivity contribution is 5.95. The number of hydrogen-bond acceptors (Lipinski definition) is 3. The number of rotatable bonds is 1. The van der Waals surface area contributed by atoms with E-state index in [2.05, 4.69) is 9.88 Å². The number of pyridine rings is 1. The lowest BCUT2D eigenvalue weighted by Crippen LogP contribution is -2.48. The van der Waals surface area contributed by atoms with Gasteiger partial charge in [0.05, 0.1) is 0 Å². The van der Waals surface area contributed by atoms with Crippen LogP contribution in [0.15, 0.2) is 10.9 Å². The van der Waals surface area contributed by atoms with Crippen LogP contribution >= 0.6 is 0 Å². The van der Waals surface area contributed by atoms with Gasteiger partial charge in [-0.25, -0.2) is 0 Å². The zero-order valence-electron chi connectivity index (χ0n) is 11.1. The third kappa shape index (κ3) is 2.46. The molecule has 5 heteroatoms. The summed E-state index contributed by atoms with van der Waals surface area (Å²) in [5, 5.41) is 0. The predicted octanol–water partition coefficient (Wildman–Crippen LogP) is 0.379. The first-order chi connectivity index (χ1) is 8.49. The lowest BCUT2D eigenvalue weighted by Gasteiger charge is -2.32. The van der Waals surface area contributed by atoms with Crippen LogP contribution in [0.1, 0.15) is 21.6 Å². The molecule has 1 saturated heterocycles. The van der Waals surface area contributed by atoms with Crippen LogP contribution in [-0.4, -0.2) is 53.9 Å². The Morgan fingerprint density at radius 2 is 1.83 bits per heavy atom. The molecule has 1 aliphatic rings. The number of nitrogens with zero attached hydrogens (tertiary/aromatic N) is 2. The molecule has 0 bridgehead atoms. The lowest BCUT2D eigenvalue weighted by molar-refractivity contribution is 0.0661. The fraction of sp³-hybridized carbons (Fsp3) is 0.538. The van der Waals surface area contributed by atoms with E-state index < -0.39 is 0 Å². The third-order valence-corrected chi connectivity index (χ3v) is 3.37. The van der Waals surface area contributed by atoms with Gasteiger partial charge in [-0.3, -0.25) is 9.59 Å². The minimum atomic E-state index is -0.281. The fourth-order valence-corrected chi connectivity index (χ4v) is 2.29. The van der Waals surface area contributed by atoms with Crippen LogP contribution in [-0.2, 0) is 0 Å². The standard InChI is InChI=1S/C13H19N3O2/c1-9-8-10(2)14-12(17)11(9)13(18)16-6-4-15(3)5-7-16/h8H,4-7H2,1-3H3,(H,14,17). The van der Waals surface area contributed by atoms with E-state index in [9.17, 15) is 9.59 Å². The number of H-pyrrole nitrogens is 1. The van der Waals surface area contributed by atoms with Crippen molar-refractivity contribution in [2.45, 2.75) is 13.8 Å². The number of likely N-dealkylation sites (N-methyl/N-ethyl adjacent to an activating group) is 1. The van der Waals surface area contributed by atoms with Crippen molar-refractivity contribution >= 4 is 5.91 Å². The number of carbonyl (C=O) groups excluding carboxylic acids is 1. The maximum Gasteiger partial charge on any atom is 0.261 e. The summed E-state index contributed by atoms with van der Waals surface area (Å²) in [7, 11) is 2.03. The molecular formula is C13H19N3O2. The fourth-order valence-electron chi connectivity index (χ4n) is 2.29. The quantitative estimate of drug-likeness (QED) is 0.783. The number of piperazine rings is 1. The van der Waals surface area contributed by atoms with Crippen LogP contribution in [0.4, 0.5) is 0 Å². The molecule has 2 rings (SSSR count). The van der Waals surface area contributed by atoms with Gasteiger partial charge in [0.15, 0.2) is 0 Å². The average Bonchev–Trinajstić information content (AvgIpc) is 2.28. The highest BCUT2D eigenvalue weighted by Crippen LogP contribution is 2.09. The molecule has 1 fully saturated rings. The Morgan fingerprint density at radius 1 is 1.22 bits per heavy atom. The molecule has 0 aliphatic carbocycles. The van der Waals surface area contributed by atoms with E-state index in [0.717, 1.165) is 24.3 Å². The Morgan fingerprint density at radius 3 is 2.39 bits per heavy atom. The molecule has 18 heavy (non-hydrogen) atoms. The molecule has 1 amide bonds. The largest absolute Gasteiger partial charge is 0.336 e. The summed E-state index contributed by atoms with van der Waals surface area (Å²) >= 11 is 0. The number of aryl methyl sites for hydroxylation is 2. The minimum absolute atomic E-state index is 0.151. The smallest absolute Gasteiger partial charge is 0.261 e. The first kappa shape index (κ1) is 12.8. The van der Waals surface area contributed by atoms with Gasteiger partial charge in [0, 0.05) is 31.9 Å². The Hall–Kier alpha value is -1.62. The van der Waals surface area contributed by atoms with Crippen molar-refractivity contribution in [3.63, 3.8) is 0 Å². The van der Waals surface area contributed by atoms with Gasteiger partial charge in [-0.05, 0) is 32.5 Å². The summed E-state index contributed by atoms with van der Waals surface area (Å²) in [5.74, 6) is -0.151. The molecule has 98 valence electrons. The van der Waals surface area contributed by atoms with Gasteiger partial charge in [-0.15, -0.1) is 0 Å². The summed E-state index contributed by atoms with van der Waals surface area (Å²) in [6.07, 6.45) is 0. The molecule has 1 N–H and O–H groups in total. The Labute approximate surface area is 106 Å². The van der Waals surface area contributed by atoms with Gasteiger partial charge in [-0.1, -0.05) is 0 Å². The summed E-state index contributed by atoms with van der Waals surface area (Å²) in [4.78, 5) is 30.9. The minimum Gasteiger partial charge on any atom is -0.336 e. The topological polar surface area (TPSA) is 56.4 Å². The monoisotopic (exact) mass is 249 g/mol. The normalized spacial score (nSPS) is 16.9. The summed E-state index contributed by atoms with van der Waals surface area (Å²) < 4.78 is 0. The van der Waals surface area contributed by atoms with E-state index in [-0.39, 0.29) is 17.0 Å². The number of hydrogen-bond donors (Lipinski definition) is 1. The number of aromatic amines is 1. The Balaban J connectivity index is 2.27. The van der Waals surface area contributed by atoms with Crippen molar-refractivity contribution in [2.24, 2.45) is 0 Å². The van der Waals surface area contributed by atoms with Crippen molar-refractivity contribution in [3.8, 4) is 0 Å². The van der Waals surface area contributed by atoms with Gasteiger partial charge < -0.3 is 14.8 Å². The second kappa shape index (κ2) is 4.94. The SMILES string of the molecule is Cc1cc(C)c(C(=O)N2CCN(C)CC2)c(=O)[nH]1. The summed E-state index contributed by atoms with van der Waals surface area (Å²) in [5.41, 5.74) is 1.54. The van der Waals surface area contributed by atoms with Crippen LogP contribution < -0.4 is 5.56 Å². The third-order valence-electron chi connectivity index (χ3n) is 3.37. The second-order valence-electron chi connectivity index (χ2n) is 4.93. The summed E-state index contributed by atoms with van der Waals surface area (Å²) in [6, 6.07) is 1.84. The van der Waals surface area contributed by atoms with Crippen molar-refractivity contribution in [2.75, 3.05) is 33.2 Å². The second-order valence-corrected chi connectivity index (χ2v) is 4.93. The van der Waals surface area contributed by atoms with Gasteiger partial charge in [-0.2, -0.15) is 0 Å². The first-order valence-electron chi connectivity index (χ1n) is 6.17. The zero-order valence-corrected chi connectivity index (χ0v) is 11.1. The van der Waals surface area contributed by atoms with E-state index in [1.54, 1.807) is 4.90 Å². The first-order valence-corrected chi connectivity index (χ1v) is 6.17. The van der Waals surface area contributed by atoms with Crippen molar-refractivity contribution in [3.05, 3.63) is 33.2 Å². The van der Waals surface area contributed by atoms with Crippen molar-refractivity contribution in [1.82, 2.24) is 14.8 Å². The predicted molar refractivity (Wildman–Crippen MR) is 69.9 cm³/mol. The molecule has 1 aromatic heterocycles. The van der Waals surface area contributed by atoms with Crippen LogP contribution in [0.3, 0.4) is 0 Å². The highest BCUT2D eigenvalue weighted by Gasteiger charge is 2.23. The van der Waals surface area contributed by atoms with Crippen LogP contribution in [0, 0.1) is 13.8 Å².